The minimum Gasteiger partial charge on any atom is -0.491 e. The number of nitrogens with zero attached hydrogens (tertiary/aromatic N) is 1. The molecule has 0 aliphatic heterocycles. The number of rotatable bonds is 7. The van der Waals surface area contributed by atoms with Crippen molar-refractivity contribution in [3.63, 3.8) is 0 Å². The van der Waals surface area contributed by atoms with Gasteiger partial charge >= 0.3 is 0 Å². The number of aryl methyl sites for hydroxylation is 2. The highest BCUT2D eigenvalue weighted by atomic mass is 32.2. The van der Waals surface area contributed by atoms with Gasteiger partial charge in [-0.05, 0) is 70.0 Å². The van der Waals surface area contributed by atoms with Crippen LogP contribution in [0.1, 0.15) is 31.9 Å². The van der Waals surface area contributed by atoms with Gasteiger partial charge in [0.1, 0.15) is 11.8 Å². The maximum absolute atomic E-state index is 12.8. The predicted octanol–water partition coefficient (Wildman–Crippen LogP) is 3.88. The van der Waals surface area contributed by atoms with Crippen molar-refractivity contribution >= 4 is 27.3 Å². The fraction of sp³-hybridized carbons (Fsp3) is 0.381. The number of hydrogen-bond donors (Lipinski definition) is 1. The molecular formula is C21H28N2O4S. The average Bonchev–Trinajstić information content (AvgIpc) is 2.52. The van der Waals surface area contributed by atoms with Crippen molar-refractivity contribution < 1.29 is 17.9 Å². The number of anilines is 2. The minimum atomic E-state index is -3.66. The monoisotopic (exact) mass is 404 g/mol. The molecular weight excluding hydrogens is 376 g/mol. The standard InChI is InChI=1S/C21H28N2O4S/c1-14(2)27-20-9-7-8-18(13-20)22-21(24)17(5)23(28(6,25)26)19-11-15(3)10-16(4)12-19/h7-14,17H,1-6H3,(H,22,24)/t17-/m0/s1. The number of hydrogen-bond acceptors (Lipinski definition) is 4. The molecule has 0 spiro atoms. The normalized spacial score (nSPS) is 12.5. The largest absolute Gasteiger partial charge is 0.491 e. The Bertz CT molecular complexity index is 934. The zero-order valence-corrected chi connectivity index (χ0v) is 18.0. The van der Waals surface area contributed by atoms with E-state index in [2.05, 4.69) is 5.32 Å². The number of nitrogens with one attached hydrogen (secondary N) is 1. The third kappa shape index (κ3) is 5.73. The maximum Gasteiger partial charge on any atom is 0.247 e. The molecule has 0 saturated heterocycles. The van der Waals surface area contributed by atoms with Gasteiger partial charge in [-0.25, -0.2) is 8.42 Å². The SMILES string of the molecule is Cc1cc(C)cc(N([C@@H](C)C(=O)Nc2cccc(OC(C)C)c2)S(C)(=O)=O)c1. The van der Waals surface area contributed by atoms with E-state index in [1.807, 2.05) is 33.8 Å². The van der Waals surface area contributed by atoms with E-state index in [0.29, 0.717) is 17.1 Å². The molecule has 1 N–H and O–H groups in total. The summed E-state index contributed by atoms with van der Waals surface area (Å²) in [6.45, 7) is 9.19. The second-order valence-electron chi connectivity index (χ2n) is 7.26. The molecule has 0 aromatic heterocycles. The zero-order valence-electron chi connectivity index (χ0n) is 17.2. The van der Waals surface area contributed by atoms with E-state index in [4.69, 9.17) is 4.74 Å². The number of amides is 1. The van der Waals surface area contributed by atoms with Gasteiger partial charge in [0.05, 0.1) is 18.0 Å². The predicted molar refractivity (Wildman–Crippen MR) is 114 cm³/mol. The van der Waals surface area contributed by atoms with Gasteiger partial charge in [0.2, 0.25) is 15.9 Å². The summed E-state index contributed by atoms with van der Waals surface area (Å²) in [4.78, 5) is 12.8. The van der Waals surface area contributed by atoms with Gasteiger partial charge in [-0.1, -0.05) is 12.1 Å². The molecule has 0 heterocycles. The number of sulfonamides is 1. The van der Waals surface area contributed by atoms with Gasteiger partial charge in [0.25, 0.3) is 0 Å². The highest BCUT2D eigenvalue weighted by Gasteiger charge is 2.29. The van der Waals surface area contributed by atoms with Gasteiger partial charge < -0.3 is 10.1 Å². The molecule has 2 aromatic carbocycles. The summed E-state index contributed by atoms with van der Waals surface area (Å²) in [5.74, 6) is 0.209. The molecule has 0 saturated carbocycles. The Morgan fingerprint density at radius 3 is 2.18 bits per heavy atom. The second kappa shape index (κ2) is 8.65. The van der Waals surface area contributed by atoms with Crippen molar-refractivity contribution in [2.45, 2.75) is 46.8 Å². The minimum absolute atomic E-state index is 0.00941. The number of benzene rings is 2. The molecule has 2 aromatic rings. The lowest BCUT2D eigenvalue weighted by atomic mass is 10.1. The Hall–Kier alpha value is -2.54. The van der Waals surface area contributed by atoms with Crippen LogP contribution in [0.5, 0.6) is 5.75 Å². The Labute approximate surface area is 167 Å². The molecule has 6 nitrogen and oxygen atoms in total. The third-order valence-corrected chi connectivity index (χ3v) is 5.26. The fourth-order valence-electron chi connectivity index (χ4n) is 3.05. The van der Waals surface area contributed by atoms with Gasteiger partial charge in [-0.3, -0.25) is 9.10 Å². The Kier molecular flexibility index (Phi) is 6.72. The van der Waals surface area contributed by atoms with Crippen LogP contribution in [0.2, 0.25) is 0 Å². The van der Waals surface area contributed by atoms with E-state index in [9.17, 15) is 13.2 Å². The maximum atomic E-state index is 12.8. The molecule has 0 bridgehead atoms. The van der Waals surface area contributed by atoms with Crippen LogP contribution in [0.25, 0.3) is 0 Å². The van der Waals surface area contributed by atoms with Crippen molar-refractivity contribution in [3.05, 3.63) is 53.6 Å². The van der Waals surface area contributed by atoms with E-state index in [-0.39, 0.29) is 6.10 Å². The Morgan fingerprint density at radius 2 is 1.64 bits per heavy atom. The third-order valence-electron chi connectivity index (χ3n) is 4.02. The van der Waals surface area contributed by atoms with E-state index in [1.54, 1.807) is 43.3 Å². The summed E-state index contributed by atoms with van der Waals surface area (Å²) in [6.07, 6.45) is 1.11. The van der Waals surface area contributed by atoms with Crippen LogP contribution in [-0.4, -0.2) is 32.7 Å². The molecule has 2 rings (SSSR count). The summed E-state index contributed by atoms with van der Waals surface area (Å²) in [5.41, 5.74) is 2.87. The first kappa shape index (κ1) is 21.8. The number of carbonyl (C=O) groups is 1. The van der Waals surface area contributed by atoms with Crippen molar-refractivity contribution in [1.82, 2.24) is 0 Å². The molecule has 0 aliphatic rings. The summed E-state index contributed by atoms with van der Waals surface area (Å²) < 4.78 is 31.7. The Morgan fingerprint density at radius 1 is 1.04 bits per heavy atom. The molecule has 1 amide bonds. The first-order valence-electron chi connectivity index (χ1n) is 9.12. The van der Waals surface area contributed by atoms with Gasteiger partial charge in [-0.15, -0.1) is 0 Å². The van der Waals surface area contributed by atoms with Crippen molar-refractivity contribution in [2.75, 3.05) is 15.9 Å². The van der Waals surface area contributed by atoms with Crippen molar-refractivity contribution in [2.24, 2.45) is 0 Å². The fourth-order valence-corrected chi connectivity index (χ4v) is 4.21. The van der Waals surface area contributed by atoms with Crippen molar-refractivity contribution in [3.8, 4) is 5.75 Å². The number of ether oxygens (including phenoxy) is 1. The van der Waals surface area contributed by atoms with Crippen LogP contribution in [0.15, 0.2) is 42.5 Å². The van der Waals surface area contributed by atoms with Crippen LogP contribution < -0.4 is 14.4 Å². The van der Waals surface area contributed by atoms with Crippen LogP contribution in [0.3, 0.4) is 0 Å². The Balaban J connectivity index is 2.30. The second-order valence-corrected chi connectivity index (χ2v) is 9.12. The summed E-state index contributed by atoms with van der Waals surface area (Å²) >= 11 is 0. The quantitative estimate of drug-likeness (QED) is 0.760. The van der Waals surface area contributed by atoms with E-state index >= 15 is 0 Å². The lowest BCUT2D eigenvalue weighted by Gasteiger charge is -2.29. The van der Waals surface area contributed by atoms with Crippen LogP contribution >= 0.6 is 0 Å². The molecule has 0 radical (unpaired) electrons. The van der Waals surface area contributed by atoms with E-state index in [1.165, 1.54) is 0 Å². The summed E-state index contributed by atoms with van der Waals surface area (Å²) in [7, 11) is -3.66. The van der Waals surface area contributed by atoms with Gasteiger partial charge in [0.15, 0.2) is 0 Å². The highest BCUT2D eigenvalue weighted by Crippen LogP contribution is 2.25. The lowest BCUT2D eigenvalue weighted by Crippen LogP contribution is -2.45. The molecule has 7 heteroatoms. The van der Waals surface area contributed by atoms with Gasteiger partial charge in [0, 0.05) is 11.8 Å². The topological polar surface area (TPSA) is 75.7 Å². The molecule has 0 aliphatic carbocycles. The van der Waals surface area contributed by atoms with Crippen molar-refractivity contribution in [1.29, 1.82) is 0 Å². The molecule has 152 valence electrons. The number of carbonyl (C=O) groups excluding carboxylic acids is 1. The zero-order chi connectivity index (χ0) is 21.1. The smallest absolute Gasteiger partial charge is 0.247 e. The van der Waals surface area contributed by atoms with Crippen LogP contribution in [0, 0.1) is 13.8 Å². The average molecular weight is 405 g/mol. The highest BCUT2D eigenvalue weighted by molar-refractivity contribution is 7.92. The van der Waals surface area contributed by atoms with E-state index in [0.717, 1.165) is 21.7 Å². The summed E-state index contributed by atoms with van der Waals surface area (Å²) in [6, 6.07) is 11.6. The lowest BCUT2D eigenvalue weighted by molar-refractivity contribution is -0.116. The summed E-state index contributed by atoms with van der Waals surface area (Å²) in [5, 5.41) is 2.78. The molecule has 0 fully saturated rings. The first-order valence-corrected chi connectivity index (χ1v) is 11.0. The molecule has 0 unspecified atom stereocenters. The van der Waals surface area contributed by atoms with Crippen LogP contribution in [0.4, 0.5) is 11.4 Å². The first-order chi connectivity index (χ1) is 13.0. The molecule has 28 heavy (non-hydrogen) atoms. The molecule has 1 atom stereocenters. The van der Waals surface area contributed by atoms with Gasteiger partial charge in [-0.2, -0.15) is 0 Å². The van der Waals surface area contributed by atoms with Crippen LogP contribution in [-0.2, 0) is 14.8 Å². The van der Waals surface area contributed by atoms with E-state index < -0.39 is 22.0 Å².